The Labute approximate surface area is 107 Å². The number of pyridine rings is 1. The number of nitrogens with two attached hydrogens (primary N) is 1. The van der Waals surface area contributed by atoms with E-state index in [1.54, 1.807) is 6.07 Å². The fraction of sp³-hybridized carbons (Fsp3) is 0.538. The molecule has 1 saturated carbocycles. The van der Waals surface area contributed by atoms with Gasteiger partial charge < -0.3 is 16.2 Å². The maximum Gasteiger partial charge on any atom is 0.149 e. The molecule has 96 valence electrons. The summed E-state index contributed by atoms with van der Waals surface area (Å²) in [5.41, 5.74) is 6.79. The highest BCUT2D eigenvalue weighted by Gasteiger charge is 2.19. The number of hydrogen-bond acceptors (Lipinski definition) is 5. The van der Waals surface area contributed by atoms with Gasteiger partial charge >= 0.3 is 0 Å². The largest absolute Gasteiger partial charge is 0.396 e. The van der Waals surface area contributed by atoms with E-state index >= 15 is 0 Å². The van der Waals surface area contributed by atoms with Crippen LogP contribution in [0.4, 0.5) is 11.5 Å². The zero-order chi connectivity index (χ0) is 13.0. The monoisotopic (exact) mass is 246 g/mol. The van der Waals surface area contributed by atoms with Crippen molar-refractivity contribution in [3.63, 3.8) is 0 Å². The third kappa shape index (κ3) is 3.11. The van der Waals surface area contributed by atoms with Gasteiger partial charge in [0.05, 0.1) is 17.4 Å². The Hall–Kier alpha value is -1.80. The highest BCUT2D eigenvalue weighted by Crippen LogP contribution is 2.25. The predicted molar refractivity (Wildman–Crippen MR) is 69.8 cm³/mol. The lowest BCUT2D eigenvalue weighted by Crippen LogP contribution is -2.24. The average Bonchev–Trinajstić information content (AvgIpc) is 2.39. The van der Waals surface area contributed by atoms with Gasteiger partial charge in [0.25, 0.3) is 0 Å². The lowest BCUT2D eigenvalue weighted by Gasteiger charge is -2.25. The number of nitrogens with one attached hydrogen (secondary N) is 1. The van der Waals surface area contributed by atoms with Crippen molar-refractivity contribution in [3.8, 4) is 6.07 Å². The second-order valence-electron chi connectivity index (χ2n) is 4.83. The molecule has 5 heteroatoms. The van der Waals surface area contributed by atoms with Gasteiger partial charge in [0.1, 0.15) is 11.9 Å². The quantitative estimate of drug-likeness (QED) is 0.751. The zero-order valence-corrected chi connectivity index (χ0v) is 10.3. The van der Waals surface area contributed by atoms with Crippen molar-refractivity contribution >= 4 is 11.5 Å². The number of hydrogen-bond donors (Lipinski definition) is 3. The number of rotatable bonds is 3. The van der Waals surface area contributed by atoms with Gasteiger partial charge in [-0.15, -0.1) is 0 Å². The average molecular weight is 246 g/mol. The minimum Gasteiger partial charge on any atom is -0.396 e. The zero-order valence-electron chi connectivity index (χ0n) is 10.3. The first kappa shape index (κ1) is 12.7. The van der Waals surface area contributed by atoms with E-state index in [0.29, 0.717) is 23.0 Å². The fourth-order valence-electron chi connectivity index (χ4n) is 2.28. The minimum absolute atomic E-state index is 0.126. The number of aliphatic hydroxyl groups excluding tert-OH is 1. The number of aromatic nitrogens is 1. The van der Waals surface area contributed by atoms with Gasteiger partial charge in [0.15, 0.2) is 0 Å². The second-order valence-corrected chi connectivity index (χ2v) is 4.83. The Morgan fingerprint density at radius 1 is 1.44 bits per heavy atom. The molecule has 0 spiro atoms. The van der Waals surface area contributed by atoms with Gasteiger partial charge in [0.2, 0.25) is 0 Å². The summed E-state index contributed by atoms with van der Waals surface area (Å²) in [7, 11) is 0. The van der Waals surface area contributed by atoms with E-state index in [-0.39, 0.29) is 6.10 Å². The van der Waals surface area contributed by atoms with E-state index in [1.807, 2.05) is 6.07 Å². The van der Waals surface area contributed by atoms with Crippen LogP contribution >= 0.6 is 0 Å². The fourth-order valence-corrected chi connectivity index (χ4v) is 2.28. The molecule has 1 heterocycles. The van der Waals surface area contributed by atoms with Crippen molar-refractivity contribution in [1.82, 2.24) is 4.98 Å². The lowest BCUT2D eigenvalue weighted by atomic mass is 9.87. The molecule has 0 bridgehead atoms. The molecule has 2 rings (SSSR count). The van der Waals surface area contributed by atoms with E-state index in [9.17, 15) is 5.11 Å². The van der Waals surface area contributed by atoms with Crippen LogP contribution in [0.5, 0.6) is 0 Å². The van der Waals surface area contributed by atoms with Crippen molar-refractivity contribution in [2.45, 2.75) is 31.8 Å². The molecule has 18 heavy (non-hydrogen) atoms. The Morgan fingerprint density at radius 2 is 2.17 bits per heavy atom. The molecule has 0 saturated heterocycles. The van der Waals surface area contributed by atoms with Crippen LogP contribution in [0.15, 0.2) is 12.3 Å². The van der Waals surface area contributed by atoms with E-state index in [0.717, 1.165) is 32.2 Å². The molecule has 0 unspecified atom stereocenters. The van der Waals surface area contributed by atoms with Crippen LogP contribution in [0.3, 0.4) is 0 Å². The summed E-state index contributed by atoms with van der Waals surface area (Å²) < 4.78 is 0. The van der Waals surface area contributed by atoms with Crippen molar-refractivity contribution in [2.24, 2.45) is 5.92 Å². The van der Waals surface area contributed by atoms with Gasteiger partial charge in [-0.25, -0.2) is 4.98 Å². The molecule has 4 N–H and O–H groups in total. The SMILES string of the molecule is N#Cc1cnc(NCC2CCC(O)CC2)c(N)c1. The Bertz CT molecular complexity index is 447. The van der Waals surface area contributed by atoms with Crippen molar-refractivity contribution in [1.29, 1.82) is 5.26 Å². The summed E-state index contributed by atoms with van der Waals surface area (Å²) in [5, 5.41) is 21.4. The first-order valence-corrected chi connectivity index (χ1v) is 6.26. The standard InChI is InChI=1S/C13H18N4O/c14-6-10-5-12(15)13(17-8-10)16-7-9-1-3-11(18)4-2-9/h5,8-9,11,18H,1-4,7,15H2,(H,16,17). The smallest absolute Gasteiger partial charge is 0.149 e. The predicted octanol–water partition coefficient (Wildman–Crippen LogP) is 1.50. The van der Waals surface area contributed by atoms with Gasteiger partial charge in [-0.3, -0.25) is 0 Å². The van der Waals surface area contributed by atoms with Crippen LogP contribution in [0.1, 0.15) is 31.2 Å². The number of aliphatic hydroxyl groups is 1. The molecule has 1 aromatic heterocycles. The number of nitrogen functional groups attached to an aromatic ring is 1. The third-order valence-electron chi connectivity index (χ3n) is 3.42. The van der Waals surface area contributed by atoms with Gasteiger partial charge in [-0.1, -0.05) is 0 Å². The number of anilines is 2. The Balaban J connectivity index is 1.89. The molecule has 0 amide bonds. The summed E-state index contributed by atoms with van der Waals surface area (Å²) in [6.45, 7) is 0.815. The molecule has 1 fully saturated rings. The molecular formula is C13H18N4O. The molecule has 5 nitrogen and oxygen atoms in total. The van der Waals surface area contributed by atoms with Crippen LogP contribution in [-0.4, -0.2) is 22.7 Å². The Morgan fingerprint density at radius 3 is 2.78 bits per heavy atom. The summed E-state index contributed by atoms with van der Waals surface area (Å²) in [4.78, 5) is 4.14. The van der Waals surface area contributed by atoms with Crippen LogP contribution < -0.4 is 11.1 Å². The molecule has 0 aromatic carbocycles. The second kappa shape index (κ2) is 5.69. The van der Waals surface area contributed by atoms with Gasteiger partial charge in [-0.05, 0) is 37.7 Å². The molecule has 1 aliphatic rings. The van der Waals surface area contributed by atoms with Crippen LogP contribution in [0.2, 0.25) is 0 Å². The van der Waals surface area contributed by atoms with E-state index in [4.69, 9.17) is 11.0 Å². The van der Waals surface area contributed by atoms with Crippen LogP contribution in [-0.2, 0) is 0 Å². The molecule has 0 atom stereocenters. The topological polar surface area (TPSA) is 95.0 Å². The van der Waals surface area contributed by atoms with E-state index in [1.165, 1.54) is 6.20 Å². The highest BCUT2D eigenvalue weighted by atomic mass is 16.3. The summed E-state index contributed by atoms with van der Waals surface area (Å²) in [6, 6.07) is 3.63. The first-order chi connectivity index (χ1) is 8.69. The number of nitrogens with zero attached hydrogens (tertiary/aromatic N) is 2. The molecule has 0 radical (unpaired) electrons. The third-order valence-corrected chi connectivity index (χ3v) is 3.42. The molecule has 1 aromatic rings. The number of nitriles is 1. The summed E-state index contributed by atoms with van der Waals surface area (Å²) in [5.74, 6) is 1.20. The molecular weight excluding hydrogens is 228 g/mol. The normalized spacial score (nSPS) is 23.3. The van der Waals surface area contributed by atoms with E-state index < -0.39 is 0 Å². The first-order valence-electron chi connectivity index (χ1n) is 6.26. The lowest BCUT2D eigenvalue weighted by molar-refractivity contribution is 0.111. The van der Waals surface area contributed by atoms with Crippen LogP contribution in [0.25, 0.3) is 0 Å². The van der Waals surface area contributed by atoms with Gasteiger partial charge in [-0.2, -0.15) is 5.26 Å². The van der Waals surface area contributed by atoms with Crippen LogP contribution in [0, 0.1) is 17.2 Å². The van der Waals surface area contributed by atoms with Gasteiger partial charge in [0, 0.05) is 12.7 Å². The Kier molecular flexibility index (Phi) is 4.00. The maximum atomic E-state index is 9.43. The minimum atomic E-state index is -0.126. The van der Waals surface area contributed by atoms with Crippen molar-refractivity contribution in [3.05, 3.63) is 17.8 Å². The van der Waals surface area contributed by atoms with Crippen molar-refractivity contribution < 1.29 is 5.11 Å². The summed E-state index contributed by atoms with van der Waals surface area (Å²) >= 11 is 0. The highest BCUT2D eigenvalue weighted by molar-refractivity contribution is 5.63. The van der Waals surface area contributed by atoms with E-state index in [2.05, 4.69) is 10.3 Å². The maximum absolute atomic E-state index is 9.43. The summed E-state index contributed by atoms with van der Waals surface area (Å²) in [6.07, 6.45) is 5.21. The molecule has 0 aliphatic heterocycles. The molecule has 1 aliphatic carbocycles. The van der Waals surface area contributed by atoms with Crippen molar-refractivity contribution in [2.75, 3.05) is 17.6 Å².